The van der Waals surface area contributed by atoms with Crippen molar-refractivity contribution in [3.05, 3.63) is 0 Å². The number of carbonyl (C=O) groups is 2. The molecule has 1 saturated heterocycles. The van der Waals surface area contributed by atoms with Crippen LogP contribution in [0.2, 0.25) is 0 Å². The summed E-state index contributed by atoms with van der Waals surface area (Å²) in [5, 5.41) is 11.6. The fraction of sp³-hybridized carbons (Fsp3) is 0.778. The minimum atomic E-state index is -0.933. The van der Waals surface area contributed by atoms with Crippen LogP contribution >= 0.6 is 0 Å². The molecule has 1 heterocycles. The molecule has 80 valence electrons. The Morgan fingerprint density at radius 2 is 2.21 bits per heavy atom. The van der Waals surface area contributed by atoms with E-state index in [-0.39, 0.29) is 11.9 Å². The SMILES string of the molecule is CC(C)[C@@H](C(=O)O)N1CCCNC1=O. The molecule has 1 atom stereocenters. The smallest absolute Gasteiger partial charge is 0.326 e. The van der Waals surface area contributed by atoms with Crippen LogP contribution in [0.3, 0.4) is 0 Å². The third-order valence-electron chi connectivity index (χ3n) is 2.33. The summed E-state index contributed by atoms with van der Waals surface area (Å²) in [5.74, 6) is -1.01. The minimum absolute atomic E-state index is 0.0728. The highest BCUT2D eigenvalue weighted by molar-refractivity contribution is 5.83. The second-order valence-electron chi connectivity index (χ2n) is 3.81. The van der Waals surface area contributed by atoms with Gasteiger partial charge in [0.25, 0.3) is 0 Å². The van der Waals surface area contributed by atoms with E-state index in [1.165, 1.54) is 4.90 Å². The average molecular weight is 200 g/mol. The standard InChI is InChI=1S/C9H16N2O3/c1-6(2)7(8(12)13)11-5-3-4-10-9(11)14/h6-7H,3-5H2,1-2H3,(H,10,14)(H,12,13)/t7-/m0/s1. The molecule has 1 fully saturated rings. The molecule has 2 N–H and O–H groups in total. The Bertz CT molecular complexity index is 240. The van der Waals surface area contributed by atoms with Crippen LogP contribution in [0.5, 0.6) is 0 Å². The van der Waals surface area contributed by atoms with Gasteiger partial charge < -0.3 is 15.3 Å². The molecule has 0 saturated carbocycles. The molecule has 5 nitrogen and oxygen atoms in total. The summed E-state index contributed by atoms with van der Waals surface area (Å²) < 4.78 is 0. The lowest BCUT2D eigenvalue weighted by Crippen LogP contribution is -2.55. The topological polar surface area (TPSA) is 69.6 Å². The normalized spacial score (nSPS) is 19.4. The molecular weight excluding hydrogens is 184 g/mol. The number of aliphatic carboxylic acids is 1. The fourth-order valence-corrected chi connectivity index (χ4v) is 1.69. The first-order chi connectivity index (χ1) is 6.54. The molecule has 0 aromatic carbocycles. The summed E-state index contributed by atoms with van der Waals surface area (Å²) in [4.78, 5) is 23.8. The van der Waals surface area contributed by atoms with Crippen molar-refractivity contribution < 1.29 is 14.7 Å². The second kappa shape index (κ2) is 4.30. The van der Waals surface area contributed by atoms with E-state index in [2.05, 4.69) is 5.32 Å². The number of hydrogen-bond acceptors (Lipinski definition) is 2. The van der Waals surface area contributed by atoms with Gasteiger partial charge in [-0.25, -0.2) is 9.59 Å². The quantitative estimate of drug-likeness (QED) is 0.697. The molecule has 0 unspecified atom stereocenters. The molecule has 0 radical (unpaired) electrons. The van der Waals surface area contributed by atoms with Crippen molar-refractivity contribution in [2.45, 2.75) is 26.3 Å². The zero-order valence-electron chi connectivity index (χ0n) is 8.49. The Hall–Kier alpha value is -1.26. The van der Waals surface area contributed by atoms with Crippen molar-refractivity contribution in [2.75, 3.05) is 13.1 Å². The van der Waals surface area contributed by atoms with Crippen molar-refractivity contribution in [1.29, 1.82) is 0 Å². The van der Waals surface area contributed by atoms with Crippen LogP contribution in [0, 0.1) is 5.92 Å². The Labute approximate surface area is 83.1 Å². The molecule has 14 heavy (non-hydrogen) atoms. The molecule has 1 aliphatic rings. The Morgan fingerprint density at radius 3 is 2.64 bits per heavy atom. The predicted octanol–water partition coefficient (Wildman–Crippen LogP) is 0.511. The second-order valence-corrected chi connectivity index (χ2v) is 3.81. The molecular formula is C9H16N2O3. The lowest BCUT2D eigenvalue weighted by Gasteiger charge is -2.34. The van der Waals surface area contributed by atoms with Gasteiger partial charge in [0.2, 0.25) is 0 Å². The number of amides is 2. The van der Waals surface area contributed by atoms with Gasteiger partial charge in [-0.05, 0) is 12.3 Å². The first-order valence-electron chi connectivity index (χ1n) is 4.81. The van der Waals surface area contributed by atoms with E-state index in [0.717, 1.165) is 6.42 Å². The summed E-state index contributed by atoms with van der Waals surface area (Å²) in [6.07, 6.45) is 0.808. The van der Waals surface area contributed by atoms with Gasteiger partial charge in [0.05, 0.1) is 0 Å². The van der Waals surface area contributed by atoms with Gasteiger partial charge in [-0.15, -0.1) is 0 Å². The lowest BCUT2D eigenvalue weighted by molar-refractivity contribution is -0.144. The summed E-state index contributed by atoms with van der Waals surface area (Å²) in [6, 6.07) is -0.979. The number of urea groups is 1. The van der Waals surface area contributed by atoms with E-state index in [9.17, 15) is 9.59 Å². The van der Waals surface area contributed by atoms with Gasteiger partial charge in [-0.3, -0.25) is 0 Å². The van der Waals surface area contributed by atoms with Crippen LogP contribution in [0.25, 0.3) is 0 Å². The first-order valence-corrected chi connectivity index (χ1v) is 4.81. The molecule has 0 aliphatic carbocycles. The highest BCUT2D eigenvalue weighted by Crippen LogP contribution is 2.13. The van der Waals surface area contributed by atoms with Gasteiger partial charge in [0.1, 0.15) is 6.04 Å². The number of rotatable bonds is 3. The van der Waals surface area contributed by atoms with Gasteiger partial charge in [-0.2, -0.15) is 0 Å². The van der Waals surface area contributed by atoms with Gasteiger partial charge in [0, 0.05) is 13.1 Å². The van der Waals surface area contributed by atoms with Crippen molar-refractivity contribution in [1.82, 2.24) is 10.2 Å². The minimum Gasteiger partial charge on any atom is -0.480 e. The molecule has 0 bridgehead atoms. The van der Waals surface area contributed by atoms with Gasteiger partial charge >= 0.3 is 12.0 Å². The third kappa shape index (κ3) is 2.16. The van der Waals surface area contributed by atoms with Crippen molar-refractivity contribution in [3.63, 3.8) is 0 Å². The van der Waals surface area contributed by atoms with E-state index in [1.807, 2.05) is 0 Å². The number of nitrogens with one attached hydrogen (secondary N) is 1. The largest absolute Gasteiger partial charge is 0.480 e. The van der Waals surface area contributed by atoms with Crippen LogP contribution in [-0.4, -0.2) is 41.1 Å². The summed E-state index contributed by atoms with van der Waals surface area (Å²) in [6.45, 7) is 4.78. The van der Waals surface area contributed by atoms with E-state index in [4.69, 9.17) is 5.11 Å². The molecule has 1 aliphatic heterocycles. The monoisotopic (exact) mass is 200 g/mol. The molecule has 2 amide bonds. The highest BCUT2D eigenvalue weighted by atomic mass is 16.4. The average Bonchev–Trinajstić information content (AvgIpc) is 2.07. The number of carboxylic acid groups (broad SMARTS) is 1. The molecule has 0 spiro atoms. The molecule has 0 aromatic heterocycles. The van der Waals surface area contributed by atoms with Crippen LogP contribution in [0.15, 0.2) is 0 Å². The maximum atomic E-state index is 11.4. The molecule has 0 aromatic rings. The van der Waals surface area contributed by atoms with Crippen LogP contribution < -0.4 is 5.32 Å². The number of carboxylic acids is 1. The van der Waals surface area contributed by atoms with Crippen molar-refractivity contribution in [3.8, 4) is 0 Å². The molecule has 1 rings (SSSR count). The van der Waals surface area contributed by atoms with Crippen molar-refractivity contribution in [2.24, 2.45) is 5.92 Å². The molecule has 5 heteroatoms. The maximum Gasteiger partial charge on any atom is 0.326 e. The number of carbonyl (C=O) groups excluding carboxylic acids is 1. The Kier molecular flexibility index (Phi) is 3.33. The van der Waals surface area contributed by atoms with Gasteiger partial charge in [-0.1, -0.05) is 13.8 Å². The fourth-order valence-electron chi connectivity index (χ4n) is 1.69. The predicted molar refractivity (Wildman–Crippen MR) is 51.0 cm³/mol. The summed E-state index contributed by atoms with van der Waals surface area (Å²) in [5.41, 5.74) is 0. The zero-order chi connectivity index (χ0) is 10.7. The van der Waals surface area contributed by atoms with Gasteiger partial charge in [0.15, 0.2) is 0 Å². The van der Waals surface area contributed by atoms with E-state index in [1.54, 1.807) is 13.8 Å². The first kappa shape index (κ1) is 10.8. The van der Waals surface area contributed by atoms with Crippen molar-refractivity contribution >= 4 is 12.0 Å². The maximum absolute atomic E-state index is 11.4. The number of nitrogens with zero attached hydrogens (tertiary/aromatic N) is 1. The zero-order valence-corrected chi connectivity index (χ0v) is 8.49. The Morgan fingerprint density at radius 1 is 1.57 bits per heavy atom. The lowest BCUT2D eigenvalue weighted by atomic mass is 10.0. The van der Waals surface area contributed by atoms with Crippen LogP contribution in [-0.2, 0) is 4.79 Å². The van der Waals surface area contributed by atoms with E-state index in [0.29, 0.717) is 13.1 Å². The Balaban J connectivity index is 2.75. The summed E-state index contributed by atoms with van der Waals surface area (Å²) >= 11 is 0. The third-order valence-corrected chi connectivity index (χ3v) is 2.33. The highest BCUT2D eigenvalue weighted by Gasteiger charge is 2.33. The van der Waals surface area contributed by atoms with Crippen LogP contribution in [0.1, 0.15) is 20.3 Å². The van der Waals surface area contributed by atoms with E-state index >= 15 is 0 Å². The van der Waals surface area contributed by atoms with E-state index < -0.39 is 12.0 Å². The summed E-state index contributed by atoms with van der Waals surface area (Å²) in [7, 11) is 0. The van der Waals surface area contributed by atoms with Crippen LogP contribution in [0.4, 0.5) is 4.79 Å². The number of hydrogen-bond donors (Lipinski definition) is 2.